The van der Waals surface area contributed by atoms with Gasteiger partial charge in [-0.25, -0.2) is 4.99 Å². The monoisotopic (exact) mass is 180 g/mol. The van der Waals surface area contributed by atoms with Crippen molar-refractivity contribution in [1.82, 2.24) is 4.90 Å². The lowest BCUT2D eigenvalue weighted by Crippen LogP contribution is -2.40. The van der Waals surface area contributed by atoms with Gasteiger partial charge in [-0.2, -0.15) is 0 Å². The van der Waals surface area contributed by atoms with Crippen molar-refractivity contribution < 1.29 is 4.79 Å². The Kier molecular flexibility index (Phi) is 2.20. The van der Waals surface area contributed by atoms with E-state index in [9.17, 15) is 4.79 Å². The summed E-state index contributed by atoms with van der Waals surface area (Å²) in [4.78, 5) is 21.0. The largest absolute Gasteiger partial charge is 0.326 e. The Bertz CT molecular complexity index is 273. The number of nitrogens with zero attached hydrogens (tertiary/aromatic N) is 3. The zero-order valence-electron chi connectivity index (χ0n) is 7.26. The van der Waals surface area contributed by atoms with Crippen molar-refractivity contribution in [2.45, 2.75) is 18.6 Å². The molecule has 0 aromatic carbocycles. The summed E-state index contributed by atoms with van der Waals surface area (Å²) in [6.07, 6.45) is 3.51. The van der Waals surface area contributed by atoms with Crippen molar-refractivity contribution in [3.8, 4) is 0 Å². The molecule has 5 heteroatoms. The number of hydrogen-bond donors (Lipinski definition) is 1. The summed E-state index contributed by atoms with van der Waals surface area (Å²) in [5, 5.41) is 0. The highest BCUT2D eigenvalue weighted by atomic mass is 16.2. The molecule has 2 N–H and O–H groups in total. The normalized spacial score (nSPS) is 34.4. The van der Waals surface area contributed by atoms with E-state index in [4.69, 9.17) is 5.73 Å². The van der Waals surface area contributed by atoms with Crippen molar-refractivity contribution in [3.63, 3.8) is 0 Å². The number of hydrogen-bond acceptors (Lipinski definition) is 4. The van der Waals surface area contributed by atoms with Crippen LogP contribution < -0.4 is 5.73 Å². The van der Waals surface area contributed by atoms with E-state index in [1.807, 2.05) is 4.90 Å². The second-order valence-corrected chi connectivity index (χ2v) is 3.33. The maximum Gasteiger partial charge on any atom is 0.285 e. The van der Waals surface area contributed by atoms with E-state index in [1.165, 1.54) is 6.21 Å². The predicted octanol–water partition coefficient (Wildman–Crippen LogP) is -0.973. The lowest BCUT2D eigenvalue weighted by Gasteiger charge is -2.21. The molecule has 0 bridgehead atoms. The molecule has 2 heterocycles. The lowest BCUT2D eigenvalue weighted by atomic mass is 10.3. The summed E-state index contributed by atoms with van der Waals surface area (Å²) in [5.41, 5.74) is 5.73. The Hall–Kier alpha value is -1.07. The molecule has 1 saturated heterocycles. The minimum atomic E-state index is -0.418. The van der Waals surface area contributed by atoms with E-state index < -0.39 is 6.17 Å². The second-order valence-electron chi connectivity index (χ2n) is 3.33. The maximum absolute atomic E-state index is 11.3. The number of amides is 1. The average molecular weight is 180 g/mol. The van der Waals surface area contributed by atoms with Crippen LogP contribution in [0.15, 0.2) is 9.98 Å². The van der Waals surface area contributed by atoms with Crippen molar-refractivity contribution in [3.05, 3.63) is 0 Å². The van der Waals surface area contributed by atoms with Gasteiger partial charge in [-0.15, -0.1) is 0 Å². The molecule has 13 heavy (non-hydrogen) atoms. The van der Waals surface area contributed by atoms with Crippen LogP contribution in [0.2, 0.25) is 0 Å². The fraction of sp³-hybridized carbons (Fsp3) is 0.625. The smallest absolute Gasteiger partial charge is 0.285 e. The van der Waals surface area contributed by atoms with Crippen LogP contribution in [0.5, 0.6) is 0 Å². The van der Waals surface area contributed by atoms with Crippen LogP contribution in [0.3, 0.4) is 0 Å². The molecule has 5 nitrogen and oxygen atoms in total. The van der Waals surface area contributed by atoms with Crippen LogP contribution in [-0.4, -0.2) is 48.5 Å². The van der Waals surface area contributed by atoms with Gasteiger partial charge < -0.3 is 5.73 Å². The van der Waals surface area contributed by atoms with Gasteiger partial charge in [-0.3, -0.25) is 14.7 Å². The first kappa shape index (κ1) is 8.52. The first-order valence-corrected chi connectivity index (χ1v) is 4.36. The van der Waals surface area contributed by atoms with Gasteiger partial charge in [-0.1, -0.05) is 0 Å². The van der Waals surface area contributed by atoms with E-state index in [1.54, 1.807) is 6.21 Å². The van der Waals surface area contributed by atoms with Gasteiger partial charge in [0.05, 0.1) is 0 Å². The van der Waals surface area contributed by atoms with E-state index in [0.29, 0.717) is 0 Å². The fourth-order valence-corrected chi connectivity index (χ4v) is 1.65. The number of nitrogens with two attached hydrogens (primary N) is 1. The van der Waals surface area contributed by atoms with Gasteiger partial charge in [-0.05, 0) is 6.42 Å². The molecule has 2 unspecified atom stereocenters. The SMILES string of the molecule is NC1CCN(C2N=CC=NC2=O)C1. The van der Waals surface area contributed by atoms with Crippen LogP contribution >= 0.6 is 0 Å². The predicted molar refractivity (Wildman–Crippen MR) is 49.9 cm³/mol. The Balaban J connectivity index is 2.05. The topological polar surface area (TPSA) is 71.0 Å². The summed E-state index contributed by atoms with van der Waals surface area (Å²) in [6, 6.07) is 0.175. The van der Waals surface area contributed by atoms with Crippen molar-refractivity contribution in [1.29, 1.82) is 0 Å². The van der Waals surface area contributed by atoms with Crippen molar-refractivity contribution in [2.75, 3.05) is 13.1 Å². The summed E-state index contributed by atoms with van der Waals surface area (Å²) >= 11 is 0. The van der Waals surface area contributed by atoms with Gasteiger partial charge in [0.15, 0.2) is 6.17 Å². The molecular weight excluding hydrogens is 168 g/mol. The van der Waals surface area contributed by atoms with Crippen molar-refractivity contribution >= 4 is 18.3 Å². The third-order valence-electron chi connectivity index (χ3n) is 2.32. The van der Waals surface area contributed by atoms with Crippen LogP contribution in [0.25, 0.3) is 0 Å². The summed E-state index contributed by atoms with van der Waals surface area (Å²) < 4.78 is 0. The standard InChI is InChI=1S/C8H12N4O/c9-6-1-4-12(5-6)7-8(13)11-3-2-10-7/h2-3,6-7H,1,4-5,9H2. The zero-order valence-corrected chi connectivity index (χ0v) is 7.26. The first-order valence-electron chi connectivity index (χ1n) is 4.36. The molecule has 0 radical (unpaired) electrons. The molecule has 1 fully saturated rings. The molecule has 0 spiro atoms. The average Bonchev–Trinajstić information content (AvgIpc) is 2.53. The Morgan fingerprint density at radius 3 is 3.00 bits per heavy atom. The zero-order chi connectivity index (χ0) is 9.26. The Morgan fingerprint density at radius 1 is 1.54 bits per heavy atom. The maximum atomic E-state index is 11.3. The first-order chi connectivity index (χ1) is 6.27. The third-order valence-corrected chi connectivity index (χ3v) is 2.32. The number of aliphatic imine (C=N–C) groups is 2. The van der Waals surface area contributed by atoms with Crippen LogP contribution in [-0.2, 0) is 4.79 Å². The summed E-state index contributed by atoms with van der Waals surface area (Å²) in [7, 11) is 0. The second kappa shape index (κ2) is 3.35. The minimum absolute atomic E-state index is 0.175. The van der Waals surface area contributed by atoms with E-state index in [2.05, 4.69) is 9.98 Å². The highest BCUT2D eigenvalue weighted by Crippen LogP contribution is 2.13. The Morgan fingerprint density at radius 2 is 2.38 bits per heavy atom. The quantitative estimate of drug-likeness (QED) is 0.564. The molecule has 0 aromatic rings. The molecule has 0 aromatic heterocycles. The summed E-state index contributed by atoms with van der Waals surface area (Å²) in [5.74, 6) is -0.184. The number of likely N-dealkylation sites (tertiary alicyclic amines) is 1. The van der Waals surface area contributed by atoms with E-state index >= 15 is 0 Å². The molecule has 1 amide bonds. The van der Waals surface area contributed by atoms with E-state index in [0.717, 1.165) is 19.5 Å². The highest BCUT2D eigenvalue weighted by Gasteiger charge is 2.30. The van der Waals surface area contributed by atoms with Gasteiger partial charge in [0, 0.05) is 31.6 Å². The molecule has 2 rings (SSSR count). The van der Waals surface area contributed by atoms with Gasteiger partial charge in [0.1, 0.15) is 0 Å². The molecular formula is C8H12N4O. The van der Waals surface area contributed by atoms with Crippen LogP contribution in [0.4, 0.5) is 0 Å². The van der Waals surface area contributed by atoms with Crippen LogP contribution in [0, 0.1) is 0 Å². The lowest BCUT2D eigenvalue weighted by molar-refractivity contribution is -0.122. The van der Waals surface area contributed by atoms with Crippen molar-refractivity contribution in [2.24, 2.45) is 15.7 Å². The molecule has 0 aliphatic carbocycles. The molecule has 70 valence electrons. The molecule has 2 atom stereocenters. The molecule has 2 aliphatic heterocycles. The Labute approximate surface area is 76.3 Å². The number of carbonyl (C=O) groups is 1. The highest BCUT2D eigenvalue weighted by molar-refractivity contribution is 6.21. The summed E-state index contributed by atoms with van der Waals surface area (Å²) in [6.45, 7) is 1.58. The van der Waals surface area contributed by atoms with E-state index in [-0.39, 0.29) is 11.9 Å². The number of carbonyl (C=O) groups excluding carboxylic acids is 1. The molecule has 2 aliphatic rings. The fourth-order valence-electron chi connectivity index (χ4n) is 1.65. The van der Waals surface area contributed by atoms with Crippen LogP contribution in [0.1, 0.15) is 6.42 Å². The van der Waals surface area contributed by atoms with Gasteiger partial charge in [0.25, 0.3) is 5.91 Å². The minimum Gasteiger partial charge on any atom is -0.326 e. The molecule has 0 saturated carbocycles. The van der Waals surface area contributed by atoms with Gasteiger partial charge >= 0.3 is 0 Å². The number of rotatable bonds is 1. The van der Waals surface area contributed by atoms with Gasteiger partial charge in [0.2, 0.25) is 0 Å². The third kappa shape index (κ3) is 1.66.